The molecule has 0 atom stereocenters. The van der Waals surface area contributed by atoms with Gasteiger partial charge in [0.25, 0.3) is 0 Å². The van der Waals surface area contributed by atoms with Gasteiger partial charge in [0.2, 0.25) is 0 Å². The Bertz CT molecular complexity index is 387. The number of ether oxygens (including phenoxy) is 1. The van der Waals surface area contributed by atoms with Crippen LogP contribution in [-0.4, -0.2) is 12.6 Å². The molecule has 0 aliphatic rings. The Balaban J connectivity index is 3.02. The van der Waals surface area contributed by atoms with Crippen molar-refractivity contribution < 1.29 is 23.4 Å². The zero-order valence-electron chi connectivity index (χ0n) is 7.68. The first-order valence-electron chi connectivity index (χ1n) is 4.02. The second-order valence-corrected chi connectivity index (χ2v) is 3.63. The monoisotopic (exact) mass is 269 g/mol. The standard InChI is InChI=1S/C9H6Cl2F2O3/c10-5-1-4(3-7(14)15)2-6(11)8(5)16-9(12)13/h1-2,9H,3H2,(H,14,15)/p-1. The van der Waals surface area contributed by atoms with E-state index in [0.717, 1.165) is 0 Å². The highest BCUT2D eigenvalue weighted by Gasteiger charge is 2.14. The lowest BCUT2D eigenvalue weighted by molar-refractivity contribution is -0.304. The Morgan fingerprint density at radius 3 is 2.25 bits per heavy atom. The largest absolute Gasteiger partial charge is 0.550 e. The second kappa shape index (κ2) is 5.32. The Kier molecular flexibility index (Phi) is 4.32. The molecule has 88 valence electrons. The molecule has 0 radical (unpaired) electrons. The molecule has 3 nitrogen and oxygen atoms in total. The molecule has 0 spiro atoms. The van der Waals surface area contributed by atoms with Gasteiger partial charge in [0.1, 0.15) is 0 Å². The van der Waals surface area contributed by atoms with Gasteiger partial charge in [0.05, 0.1) is 10.0 Å². The van der Waals surface area contributed by atoms with Crippen LogP contribution in [-0.2, 0) is 11.2 Å². The normalized spacial score (nSPS) is 10.6. The predicted octanol–water partition coefficient (Wildman–Crippen LogP) is 1.89. The number of alkyl halides is 2. The molecule has 0 aliphatic heterocycles. The first-order chi connectivity index (χ1) is 7.40. The van der Waals surface area contributed by atoms with Crippen molar-refractivity contribution in [2.45, 2.75) is 13.0 Å². The number of carbonyl (C=O) groups is 1. The van der Waals surface area contributed by atoms with Crippen molar-refractivity contribution >= 4 is 29.2 Å². The third-order valence-corrected chi connectivity index (χ3v) is 2.17. The van der Waals surface area contributed by atoms with Gasteiger partial charge in [-0.1, -0.05) is 23.2 Å². The average molecular weight is 270 g/mol. The SMILES string of the molecule is O=C([O-])Cc1cc(Cl)c(OC(F)F)c(Cl)c1. The summed E-state index contributed by atoms with van der Waals surface area (Å²) < 4.78 is 28.0. The molecule has 0 N–H and O–H groups in total. The smallest absolute Gasteiger partial charge is 0.387 e. The van der Waals surface area contributed by atoms with Gasteiger partial charge in [-0.3, -0.25) is 0 Å². The first-order valence-corrected chi connectivity index (χ1v) is 4.78. The molecule has 0 fully saturated rings. The van der Waals surface area contributed by atoms with Crippen molar-refractivity contribution in [1.29, 1.82) is 0 Å². The van der Waals surface area contributed by atoms with Crippen LogP contribution in [0.4, 0.5) is 8.78 Å². The van der Waals surface area contributed by atoms with E-state index in [0.29, 0.717) is 0 Å². The molecule has 0 saturated carbocycles. The molecule has 7 heteroatoms. The maximum absolute atomic E-state index is 11.9. The number of carbonyl (C=O) groups excluding carboxylic acids is 1. The number of rotatable bonds is 4. The van der Waals surface area contributed by atoms with Crippen molar-refractivity contribution in [3.8, 4) is 5.75 Å². The molecule has 16 heavy (non-hydrogen) atoms. The number of hydrogen-bond acceptors (Lipinski definition) is 3. The highest BCUT2D eigenvalue weighted by atomic mass is 35.5. The molecule has 0 heterocycles. The third kappa shape index (κ3) is 3.50. The van der Waals surface area contributed by atoms with Crippen LogP contribution in [0.15, 0.2) is 12.1 Å². The van der Waals surface area contributed by atoms with E-state index in [1.807, 2.05) is 0 Å². The van der Waals surface area contributed by atoms with E-state index in [1.165, 1.54) is 12.1 Å². The fourth-order valence-electron chi connectivity index (χ4n) is 1.08. The van der Waals surface area contributed by atoms with Crippen LogP contribution in [0.2, 0.25) is 10.0 Å². The molecule has 1 aromatic carbocycles. The third-order valence-electron chi connectivity index (χ3n) is 1.61. The summed E-state index contributed by atoms with van der Waals surface area (Å²) in [5, 5.41) is 9.95. The zero-order valence-corrected chi connectivity index (χ0v) is 9.19. The van der Waals surface area contributed by atoms with Crippen molar-refractivity contribution in [2.75, 3.05) is 0 Å². The molecule has 0 amide bonds. The number of hydrogen-bond donors (Lipinski definition) is 0. The highest BCUT2D eigenvalue weighted by Crippen LogP contribution is 2.35. The summed E-state index contributed by atoms with van der Waals surface area (Å²) in [6, 6.07) is 2.36. The zero-order chi connectivity index (χ0) is 12.3. The van der Waals surface area contributed by atoms with Crippen LogP contribution in [0.25, 0.3) is 0 Å². The van der Waals surface area contributed by atoms with Gasteiger partial charge in [-0.15, -0.1) is 0 Å². The van der Waals surface area contributed by atoms with Crippen molar-refractivity contribution in [1.82, 2.24) is 0 Å². The number of carboxylic acids is 1. The summed E-state index contributed by atoms with van der Waals surface area (Å²) in [5.41, 5.74) is 0.247. The molecule has 0 aromatic heterocycles. The van der Waals surface area contributed by atoms with Gasteiger partial charge in [-0.25, -0.2) is 0 Å². The minimum atomic E-state index is -3.05. The van der Waals surface area contributed by atoms with Crippen molar-refractivity contribution in [2.24, 2.45) is 0 Å². The van der Waals surface area contributed by atoms with E-state index < -0.39 is 19.0 Å². The molecule has 0 aliphatic carbocycles. The Morgan fingerprint density at radius 1 is 1.38 bits per heavy atom. The van der Waals surface area contributed by atoms with Crippen molar-refractivity contribution in [3.63, 3.8) is 0 Å². The Morgan fingerprint density at radius 2 is 1.88 bits per heavy atom. The van der Waals surface area contributed by atoms with Crippen LogP contribution < -0.4 is 9.84 Å². The van der Waals surface area contributed by atoms with Gasteiger partial charge >= 0.3 is 6.61 Å². The minimum Gasteiger partial charge on any atom is -0.550 e. The topological polar surface area (TPSA) is 49.4 Å². The summed E-state index contributed by atoms with van der Waals surface area (Å²) in [6.45, 7) is -3.05. The average Bonchev–Trinajstić information content (AvgIpc) is 2.10. The number of aliphatic carboxylic acids is 1. The molecular formula is C9H5Cl2F2O3-. The lowest BCUT2D eigenvalue weighted by Gasteiger charge is -2.11. The van der Waals surface area contributed by atoms with E-state index in [4.69, 9.17) is 23.2 Å². The van der Waals surface area contributed by atoms with E-state index in [9.17, 15) is 18.7 Å². The van der Waals surface area contributed by atoms with Crippen LogP contribution in [0, 0.1) is 0 Å². The highest BCUT2D eigenvalue weighted by molar-refractivity contribution is 6.37. The summed E-state index contributed by atoms with van der Waals surface area (Å²) in [7, 11) is 0. The summed E-state index contributed by atoms with van der Waals surface area (Å²) in [6.07, 6.45) is -0.408. The Labute approximate surface area is 99.5 Å². The van der Waals surface area contributed by atoms with Gasteiger partial charge in [0, 0.05) is 12.4 Å². The fraction of sp³-hybridized carbons (Fsp3) is 0.222. The van der Waals surface area contributed by atoms with E-state index in [2.05, 4.69) is 4.74 Å². The predicted molar refractivity (Wildman–Crippen MR) is 51.8 cm³/mol. The van der Waals surface area contributed by atoms with Crippen LogP contribution in [0.1, 0.15) is 5.56 Å². The molecule has 0 unspecified atom stereocenters. The molecule has 1 aromatic rings. The lowest BCUT2D eigenvalue weighted by atomic mass is 10.1. The number of benzene rings is 1. The van der Waals surface area contributed by atoms with Gasteiger partial charge < -0.3 is 14.6 Å². The van der Waals surface area contributed by atoms with Gasteiger partial charge in [-0.05, 0) is 17.7 Å². The van der Waals surface area contributed by atoms with E-state index in [-0.39, 0.29) is 21.4 Å². The molecule has 0 saturated heterocycles. The summed E-state index contributed by atoms with van der Waals surface area (Å²) in [5.74, 6) is -1.70. The van der Waals surface area contributed by atoms with Gasteiger partial charge in [-0.2, -0.15) is 8.78 Å². The maximum Gasteiger partial charge on any atom is 0.387 e. The maximum atomic E-state index is 11.9. The minimum absolute atomic E-state index is 0.177. The molecular weight excluding hydrogens is 265 g/mol. The van der Waals surface area contributed by atoms with Crippen molar-refractivity contribution in [3.05, 3.63) is 27.7 Å². The van der Waals surface area contributed by atoms with E-state index >= 15 is 0 Å². The fourth-order valence-corrected chi connectivity index (χ4v) is 1.70. The van der Waals surface area contributed by atoms with Crippen LogP contribution >= 0.6 is 23.2 Å². The Hall–Kier alpha value is -1.07. The summed E-state index contributed by atoms with van der Waals surface area (Å²) >= 11 is 11.2. The summed E-state index contributed by atoms with van der Waals surface area (Å²) in [4.78, 5) is 10.3. The molecule has 1 rings (SSSR count). The quantitative estimate of drug-likeness (QED) is 0.839. The van der Waals surface area contributed by atoms with E-state index in [1.54, 1.807) is 0 Å². The van der Waals surface area contributed by atoms with Gasteiger partial charge in [0.15, 0.2) is 5.75 Å². The second-order valence-electron chi connectivity index (χ2n) is 2.82. The van der Waals surface area contributed by atoms with Crippen LogP contribution in [0.3, 0.4) is 0 Å². The number of halogens is 4. The van der Waals surface area contributed by atoms with Crippen LogP contribution in [0.5, 0.6) is 5.75 Å². The first kappa shape index (κ1) is 13.0. The lowest BCUT2D eigenvalue weighted by Crippen LogP contribution is -2.24. The molecule has 0 bridgehead atoms. The number of carboxylic acid groups (broad SMARTS) is 1.